The Hall–Kier alpha value is -4.11. The molecule has 1 saturated heterocycles. The highest BCUT2D eigenvalue weighted by Gasteiger charge is 2.36. The van der Waals surface area contributed by atoms with E-state index in [4.69, 9.17) is 12.2 Å². The molecule has 2 amide bonds. The quantitative estimate of drug-likeness (QED) is 0.355. The summed E-state index contributed by atoms with van der Waals surface area (Å²) < 4.78 is 16.2. The van der Waals surface area contributed by atoms with Gasteiger partial charge >= 0.3 is 0 Å². The molecule has 0 saturated carbocycles. The number of carboxylic acids is 1. The van der Waals surface area contributed by atoms with Crippen molar-refractivity contribution in [3.63, 3.8) is 0 Å². The van der Waals surface area contributed by atoms with E-state index in [-0.39, 0.29) is 21.9 Å². The fourth-order valence-electron chi connectivity index (χ4n) is 4.06. The van der Waals surface area contributed by atoms with Gasteiger partial charge in [0.05, 0.1) is 11.7 Å². The van der Waals surface area contributed by atoms with Crippen LogP contribution in [0.15, 0.2) is 54.1 Å². The number of rotatable bonds is 4. The molecule has 0 atom stereocenters. The van der Waals surface area contributed by atoms with Gasteiger partial charge < -0.3 is 14.5 Å². The van der Waals surface area contributed by atoms with Gasteiger partial charge in [0.25, 0.3) is 11.8 Å². The summed E-state index contributed by atoms with van der Waals surface area (Å²) in [5.74, 6) is -3.38. The largest absolute Gasteiger partial charge is 0.545 e. The van der Waals surface area contributed by atoms with Gasteiger partial charge in [-0.25, -0.2) is 9.29 Å². The van der Waals surface area contributed by atoms with Crippen molar-refractivity contribution in [1.29, 1.82) is 0 Å². The van der Waals surface area contributed by atoms with Crippen LogP contribution in [0.5, 0.6) is 0 Å². The second kappa shape index (κ2) is 8.68. The lowest BCUT2D eigenvalue weighted by Gasteiger charge is -2.29. The van der Waals surface area contributed by atoms with E-state index in [0.29, 0.717) is 22.5 Å². The molecule has 0 radical (unpaired) electrons. The molecule has 0 spiro atoms. The third-order valence-electron chi connectivity index (χ3n) is 5.73. The summed E-state index contributed by atoms with van der Waals surface area (Å²) in [6, 6.07) is 12.3. The number of carbonyl (C=O) groups is 3. The molecule has 1 N–H and O–H groups in total. The van der Waals surface area contributed by atoms with Crippen LogP contribution in [0.3, 0.4) is 0 Å². The number of aromatic nitrogens is 1. The molecule has 34 heavy (non-hydrogen) atoms. The van der Waals surface area contributed by atoms with Crippen molar-refractivity contribution >= 4 is 46.9 Å². The Morgan fingerprint density at radius 2 is 1.74 bits per heavy atom. The van der Waals surface area contributed by atoms with Crippen LogP contribution < -0.4 is 15.3 Å². The van der Waals surface area contributed by atoms with E-state index < -0.39 is 23.6 Å². The molecular formula is C25H19FN3O4S-. The highest BCUT2D eigenvalue weighted by molar-refractivity contribution is 7.80. The summed E-state index contributed by atoms with van der Waals surface area (Å²) in [7, 11) is 0. The Morgan fingerprint density at radius 1 is 1.06 bits per heavy atom. The van der Waals surface area contributed by atoms with Gasteiger partial charge in [0.2, 0.25) is 0 Å². The zero-order chi connectivity index (χ0) is 24.7. The summed E-state index contributed by atoms with van der Waals surface area (Å²) in [6.45, 7) is 5.29. The second-order valence-corrected chi connectivity index (χ2v) is 8.19. The summed E-state index contributed by atoms with van der Waals surface area (Å²) in [6.07, 6.45) is 1.42. The first-order valence-corrected chi connectivity index (χ1v) is 10.7. The third kappa shape index (κ3) is 3.80. The van der Waals surface area contributed by atoms with E-state index in [1.165, 1.54) is 30.3 Å². The molecule has 1 aromatic heterocycles. The number of carboxylic acid groups (broad SMARTS) is 1. The van der Waals surface area contributed by atoms with Crippen molar-refractivity contribution in [3.05, 3.63) is 88.0 Å². The zero-order valence-electron chi connectivity index (χ0n) is 18.5. The fraction of sp³-hybridized carbons (Fsp3) is 0.120. The molecule has 0 aliphatic carbocycles. The number of nitrogens with one attached hydrogen (secondary N) is 1. The number of anilines is 1. The van der Waals surface area contributed by atoms with E-state index >= 15 is 0 Å². The van der Waals surface area contributed by atoms with Gasteiger partial charge in [0, 0.05) is 22.6 Å². The van der Waals surface area contributed by atoms with Crippen LogP contribution in [-0.4, -0.2) is 27.5 Å². The van der Waals surface area contributed by atoms with Crippen LogP contribution in [0.2, 0.25) is 0 Å². The van der Waals surface area contributed by atoms with Gasteiger partial charge in [-0.05, 0) is 74.5 Å². The summed E-state index contributed by atoms with van der Waals surface area (Å²) >= 11 is 5.12. The van der Waals surface area contributed by atoms with Gasteiger partial charge in [-0.15, -0.1) is 0 Å². The maximum atomic E-state index is 14.4. The van der Waals surface area contributed by atoms with E-state index in [9.17, 15) is 23.9 Å². The standard InChI is InChI=1S/C25H20FN3O4S/c1-13-11-16(15(3)28(13)20-10-6-7-17(14(20)2)24(32)33)12-18-22(30)27-25(34)29(23(18)31)21-9-5-4-8-19(21)26/h4-12H,1-3H3,(H,32,33)(H,27,30,34)/p-1/b18-12-. The lowest BCUT2D eigenvalue weighted by molar-refractivity contribution is -0.255. The predicted molar refractivity (Wildman–Crippen MR) is 127 cm³/mol. The zero-order valence-corrected chi connectivity index (χ0v) is 19.3. The lowest BCUT2D eigenvalue weighted by Crippen LogP contribution is -2.54. The molecule has 7 nitrogen and oxygen atoms in total. The molecule has 2 aromatic carbocycles. The first-order chi connectivity index (χ1) is 16.1. The molecule has 9 heteroatoms. The monoisotopic (exact) mass is 476 g/mol. The van der Waals surface area contributed by atoms with Crippen LogP contribution in [-0.2, 0) is 9.59 Å². The Morgan fingerprint density at radius 3 is 2.41 bits per heavy atom. The summed E-state index contributed by atoms with van der Waals surface area (Å²) in [4.78, 5) is 38.3. The van der Waals surface area contributed by atoms with Crippen LogP contribution >= 0.6 is 12.2 Å². The average molecular weight is 477 g/mol. The number of benzene rings is 2. The molecule has 0 unspecified atom stereocenters. The Bertz CT molecular complexity index is 1420. The van der Waals surface area contributed by atoms with E-state index in [0.717, 1.165) is 10.6 Å². The SMILES string of the molecule is Cc1c(C(=O)[O-])cccc1-n1c(C)cc(/C=C2/C(=O)NC(=S)N(c3ccccc3F)C2=O)c1C. The van der Waals surface area contributed by atoms with Gasteiger partial charge in [0.1, 0.15) is 11.4 Å². The number of para-hydroxylation sites is 1. The van der Waals surface area contributed by atoms with E-state index in [1.807, 2.05) is 11.5 Å². The minimum absolute atomic E-state index is 0.0661. The van der Waals surface area contributed by atoms with Gasteiger partial charge in [-0.3, -0.25) is 14.9 Å². The number of nitrogens with zero attached hydrogens (tertiary/aromatic N) is 2. The molecule has 0 bridgehead atoms. The van der Waals surface area contributed by atoms with Crippen LogP contribution in [0, 0.1) is 26.6 Å². The average Bonchev–Trinajstić information content (AvgIpc) is 3.05. The topological polar surface area (TPSA) is 94.5 Å². The molecule has 1 aliphatic rings. The minimum atomic E-state index is -1.28. The van der Waals surface area contributed by atoms with Crippen molar-refractivity contribution in [2.45, 2.75) is 20.8 Å². The molecule has 4 rings (SSSR count). The Kier molecular flexibility index (Phi) is 5.89. The molecule has 1 fully saturated rings. The highest BCUT2D eigenvalue weighted by Crippen LogP contribution is 2.28. The van der Waals surface area contributed by atoms with Crippen LogP contribution in [0.1, 0.15) is 32.9 Å². The second-order valence-electron chi connectivity index (χ2n) is 7.81. The van der Waals surface area contributed by atoms with Crippen molar-refractivity contribution in [3.8, 4) is 5.69 Å². The predicted octanol–water partition coefficient (Wildman–Crippen LogP) is 2.74. The number of aryl methyl sites for hydroxylation is 1. The molecule has 3 aromatic rings. The van der Waals surface area contributed by atoms with Gasteiger partial charge in [0.15, 0.2) is 5.11 Å². The summed E-state index contributed by atoms with van der Waals surface area (Å²) in [5.41, 5.74) is 2.95. The molecule has 1 aliphatic heterocycles. The summed E-state index contributed by atoms with van der Waals surface area (Å²) in [5, 5.41) is 13.7. The van der Waals surface area contributed by atoms with Gasteiger partial charge in [-0.2, -0.15) is 0 Å². The third-order valence-corrected chi connectivity index (χ3v) is 6.02. The molecular weight excluding hydrogens is 457 g/mol. The number of carbonyl (C=O) groups excluding carboxylic acids is 3. The number of halogens is 1. The first kappa shape index (κ1) is 23.1. The normalized spacial score (nSPS) is 15.1. The van der Waals surface area contributed by atoms with E-state index in [1.54, 1.807) is 38.1 Å². The van der Waals surface area contributed by atoms with Crippen molar-refractivity contribution in [1.82, 2.24) is 9.88 Å². The van der Waals surface area contributed by atoms with Crippen molar-refractivity contribution in [2.24, 2.45) is 0 Å². The number of aromatic carboxylic acids is 1. The number of hydrogen-bond donors (Lipinski definition) is 1. The van der Waals surface area contributed by atoms with Gasteiger partial charge in [-0.1, -0.05) is 24.3 Å². The Balaban J connectivity index is 1.81. The van der Waals surface area contributed by atoms with Crippen molar-refractivity contribution < 1.29 is 23.9 Å². The fourth-order valence-corrected chi connectivity index (χ4v) is 4.33. The lowest BCUT2D eigenvalue weighted by atomic mass is 10.1. The maximum absolute atomic E-state index is 14.4. The van der Waals surface area contributed by atoms with Crippen LogP contribution in [0.25, 0.3) is 11.8 Å². The minimum Gasteiger partial charge on any atom is -0.545 e. The number of amides is 2. The smallest absolute Gasteiger partial charge is 0.270 e. The van der Waals surface area contributed by atoms with Crippen LogP contribution in [0.4, 0.5) is 10.1 Å². The van der Waals surface area contributed by atoms with Crippen molar-refractivity contribution in [2.75, 3.05) is 4.90 Å². The first-order valence-electron chi connectivity index (χ1n) is 10.3. The molecule has 2 heterocycles. The highest BCUT2D eigenvalue weighted by atomic mass is 32.1. The maximum Gasteiger partial charge on any atom is 0.270 e. The van der Waals surface area contributed by atoms with E-state index in [2.05, 4.69) is 5.32 Å². The molecule has 172 valence electrons. The number of thiocarbonyl (C=S) groups is 1. The number of hydrogen-bond acceptors (Lipinski definition) is 5. The Labute approximate surface area is 200 Å².